The zero-order valence-electron chi connectivity index (χ0n) is 12.7. The van der Waals surface area contributed by atoms with Gasteiger partial charge in [-0.2, -0.15) is 0 Å². The molecule has 21 heavy (non-hydrogen) atoms. The Kier molecular flexibility index (Phi) is 5.50. The Labute approximate surface area is 124 Å². The van der Waals surface area contributed by atoms with Gasteiger partial charge in [0.05, 0.1) is 5.56 Å². The third-order valence-corrected chi connectivity index (χ3v) is 3.85. The van der Waals surface area contributed by atoms with Crippen molar-refractivity contribution in [1.82, 2.24) is 15.2 Å². The highest BCUT2D eigenvalue weighted by molar-refractivity contribution is 5.95. The third kappa shape index (κ3) is 3.91. The average molecular weight is 294 g/mol. The number of anilines is 1. The highest BCUT2D eigenvalue weighted by Crippen LogP contribution is 2.16. The summed E-state index contributed by atoms with van der Waals surface area (Å²) in [4.78, 5) is 18.3. The summed E-state index contributed by atoms with van der Waals surface area (Å²) in [6, 6.07) is 1.76. The van der Waals surface area contributed by atoms with Crippen LogP contribution in [0.2, 0.25) is 0 Å². The lowest BCUT2D eigenvalue weighted by atomic mass is 10.2. The summed E-state index contributed by atoms with van der Waals surface area (Å²) in [5.74, 6) is -0.819. The van der Waals surface area contributed by atoms with Gasteiger partial charge < -0.3 is 15.5 Å². The van der Waals surface area contributed by atoms with Crippen LogP contribution in [0.5, 0.6) is 0 Å². The number of nitrogens with one attached hydrogen (secondary N) is 2. The predicted octanol–water partition coefficient (Wildman–Crippen LogP) is 1.87. The van der Waals surface area contributed by atoms with E-state index in [1.54, 1.807) is 0 Å². The van der Waals surface area contributed by atoms with E-state index in [2.05, 4.69) is 20.5 Å². The van der Waals surface area contributed by atoms with E-state index in [1.165, 1.54) is 12.3 Å². The number of carbonyl (C=O) groups excluding carboxylic acids is 1. The van der Waals surface area contributed by atoms with Crippen LogP contribution in [-0.2, 0) is 0 Å². The fourth-order valence-electron chi connectivity index (χ4n) is 2.53. The Bertz CT molecular complexity index is 495. The first-order valence-corrected chi connectivity index (χ1v) is 7.50. The molecule has 2 heterocycles. The first kappa shape index (κ1) is 15.7. The SMILES string of the molecule is CCCNc1nccc(C(=O)NCC2CCCN2C)c1F. The van der Waals surface area contributed by atoms with Crippen LogP contribution in [0.25, 0.3) is 0 Å². The Balaban J connectivity index is 1.98. The molecular formula is C15H23FN4O. The lowest BCUT2D eigenvalue weighted by Crippen LogP contribution is -2.38. The summed E-state index contributed by atoms with van der Waals surface area (Å²) in [6.07, 6.45) is 4.54. The summed E-state index contributed by atoms with van der Waals surface area (Å²) in [5.41, 5.74) is 0.0456. The molecule has 1 atom stereocenters. The van der Waals surface area contributed by atoms with Gasteiger partial charge >= 0.3 is 0 Å². The lowest BCUT2D eigenvalue weighted by Gasteiger charge is -2.19. The summed E-state index contributed by atoms with van der Waals surface area (Å²) < 4.78 is 14.2. The highest BCUT2D eigenvalue weighted by Gasteiger charge is 2.22. The van der Waals surface area contributed by atoms with Crippen LogP contribution < -0.4 is 10.6 Å². The largest absolute Gasteiger partial charge is 0.368 e. The van der Waals surface area contributed by atoms with Crippen molar-refractivity contribution in [3.8, 4) is 0 Å². The standard InChI is InChI=1S/C15H23FN4O/c1-3-7-17-14-13(16)12(6-8-18-14)15(21)19-10-11-5-4-9-20(11)2/h6,8,11H,3-5,7,9-10H2,1-2H3,(H,17,18)(H,19,21). The number of likely N-dealkylation sites (N-methyl/N-ethyl adjacent to an activating group) is 1. The zero-order valence-corrected chi connectivity index (χ0v) is 12.7. The second kappa shape index (κ2) is 7.36. The topological polar surface area (TPSA) is 57.3 Å². The van der Waals surface area contributed by atoms with Gasteiger partial charge in [0.15, 0.2) is 11.6 Å². The minimum absolute atomic E-state index is 0.0456. The van der Waals surface area contributed by atoms with E-state index < -0.39 is 5.82 Å². The van der Waals surface area contributed by atoms with E-state index in [4.69, 9.17) is 0 Å². The van der Waals surface area contributed by atoms with Gasteiger partial charge in [-0.1, -0.05) is 6.92 Å². The molecule has 2 rings (SSSR count). The molecule has 5 nitrogen and oxygen atoms in total. The van der Waals surface area contributed by atoms with Crippen molar-refractivity contribution in [3.63, 3.8) is 0 Å². The molecule has 0 aliphatic carbocycles. The molecule has 116 valence electrons. The fourth-order valence-corrected chi connectivity index (χ4v) is 2.53. The van der Waals surface area contributed by atoms with Crippen LogP contribution in [0.4, 0.5) is 10.2 Å². The van der Waals surface area contributed by atoms with Gasteiger partial charge in [0.1, 0.15) is 0 Å². The lowest BCUT2D eigenvalue weighted by molar-refractivity contribution is 0.0939. The molecule has 1 aliphatic rings. The van der Waals surface area contributed by atoms with Gasteiger partial charge in [0.25, 0.3) is 5.91 Å². The Hall–Kier alpha value is -1.69. The number of likely N-dealkylation sites (tertiary alicyclic amines) is 1. The van der Waals surface area contributed by atoms with E-state index in [9.17, 15) is 9.18 Å². The van der Waals surface area contributed by atoms with E-state index in [0.717, 1.165) is 25.8 Å². The van der Waals surface area contributed by atoms with Crippen LogP contribution in [-0.4, -0.2) is 48.5 Å². The van der Waals surface area contributed by atoms with Crippen molar-refractivity contribution < 1.29 is 9.18 Å². The third-order valence-electron chi connectivity index (χ3n) is 3.85. The molecular weight excluding hydrogens is 271 g/mol. The maximum absolute atomic E-state index is 14.2. The molecule has 6 heteroatoms. The average Bonchev–Trinajstić information content (AvgIpc) is 2.89. The molecule has 0 aromatic carbocycles. The minimum atomic E-state index is -0.580. The minimum Gasteiger partial charge on any atom is -0.368 e. The molecule has 1 aromatic rings. The fraction of sp³-hybridized carbons (Fsp3) is 0.600. The summed E-state index contributed by atoms with van der Waals surface area (Å²) in [5, 5.41) is 5.71. The van der Waals surface area contributed by atoms with Crippen LogP contribution in [0, 0.1) is 5.82 Å². The number of halogens is 1. The van der Waals surface area contributed by atoms with Crippen molar-refractivity contribution in [2.75, 3.05) is 32.0 Å². The molecule has 0 spiro atoms. The second-order valence-corrected chi connectivity index (χ2v) is 5.43. The number of nitrogens with zero attached hydrogens (tertiary/aromatic N) is 2. The molecule has 2 N–H and O–H groups in total. The van der Waals surface area contributed by atoms with Crippen molar-refractivity contribution in [2.45, 2.75) is 32.2 Å². The summed E-state index contributed by atoms with van der Waals surface area (Å²) >= 11 is 0. The van der Waals surface area contributed by atoms with Gasteiger partial charge in [0.2, 0.25) is 0 Å². The predicted molar refractivity (Wildman–Crippen MR) is 81.0 cm³/mol. The number of carbonyl (C=O) groups is 1. The number of aromatic nitrogens is 1. The molecule has 1 fully saturated rings. The van der Waals surface area contributed by atoms with E-state index in [1.807, 2.05) is 14.0 Å². The molecule has 0 bridgehead atoms. The maximum Gasteiger partial charge on any atom is 0.254 e. The molecule has 0 saturated carbocycles. The van der Waals surface area contributed by atoms with Crippen LogP contribution >= 0.6 is 0 Å². The van der Waals surface area contributed by atoms with E-state index in [0.29, 0.717) is 19.1 Å². The molecule has 0 radical (unpaired) electrons. The normalized spacial score (nSPS) is 18.7. The Morgan fingerprint density at radius 2 is 2.38 bits per heavy atom. The van der Waals surface area contributed by atoms with Crippen LogP contribution in [0.3, 0.4) is 0 Å². The second-order valence-electron chi connectivity index (χ2n) is 5.43. The van der Waals surface area contributed by atoms with Crippen molar-refractivity contribution in [3.05, 3.63) is 23.6 Å². The van der Waals surface area contributed by atoms with E-state index >= 15 is 0 Å². The van der Waals surface area contributed by atoms with Gasteiger partial charge in [-0.15, -0.1) is 0 Å². The van der Waals surface area contributed by atoms with Crippen LogP contribution in [0.1, 0.15) is 36.5 Å². The van der Waals surface area contributed by atoms with Gasteiger partial charge in [0, 0.05) is 25.3 Å². The molecule has 1 aromatic heterocycles. The molecule has 1 unspecified atom stereocenters. The number of hydrogen-bond acceptors (Lipinski definition) is 4. The molecule has 1 saturated heterocycles. The maximum atomic E-state index is 14.2. The smallest absolute Gasteiger partial charge is 0.254 e. The Morgan fingerprint density at radius 3 is 3.05 bits per heavy atom. The van der Waals surface area contributed by atoms with Crippen molar-refractivity contribution in [2.24, 2.45) is 0 Å². The monoisotopic (exact) mass is 294 g/mol. The Morgan fingerprint density at radius 1 is 1.57 bits per heavy atom. The number of hydrogen-bond donors (Lipinski definition) is 2. The quantitative estimate of drug-likeness (QED) is 0.841. The molecule has 1 aliphatic heterocycles. The van der Waals surface area contributed by atoms with Crippen molar-refractivity contribution >= 4 is 11.7 Å². The summed E-state index contributed by atoms with van der Waals surface area (Å²) in [7, 11) is 2.05. The van der Waals surface area contributed by atoms with E-state index in [-0.39, 0.29) is 17.3 Å². The number of rotatable bonds is 6. The van der Waals surface area contributed by atoms with Gasteiger partial charge in [-0.05, 0) is 38.9 Å². The highest BCUT2D eigenvalue weighted by atomic mass is 19.1. The van der Waals surface area contributed by atoms with Gasteiger partial charge in [-0.3, -0.25) is 4.79 Å². The zero-order chi connectivity index (χ0) is 15.2. The number of amides is 1. The van der Waals surface area contributed by atoms with Crippen LogP contribution in [0.15, 0.2) is 12.3 Å². The van der Waals surface area contributed by atoms with Crippen molar-refractivity contribution in [1.29, 1.82) is 0 Å². The first-order chi connectivity index (χ1) is 10.1. The van der Waals surface area contributed by atoms with Gasteiger partial charge in [-0.25, -0.2) is 9.37 Å². The number of pyridine rings is 1. The molecule has 1 amide bonds. The first-order valence-electron chi connectivity index (χ1n) is 7.50. The summed E-state index contributed by atoms with van der Waals surface area (Å²) in [6.45, 7) is 4.21.